The van der Waals surface area contributed by atoms with Gasteiger partial charge < -0.3 is 15.0 Å². The molecule has 38 heavy (non-hydrogen) atoms. The van der Waals surface area contributed by atoms with Crippen LogP contribution in [0.15, 0.2) is 77.7 Å². The molecule has 0 radical (unpaired) electrons. The second kappa shape index (κ2) is 13.0. The van der Waals surface area contributed by atoms with Gasteiger partial charge in [0.15, 0.2) is 0 Å². The molecule has 2 amide bonds. The van der Waals surface area contributed by atoms with E-state index >= 15 is 0 Å². The third kappa shape index (κ3) is 7.18. The Balaban J connectivity index is 2.01. The molecule has 3 aromatic carbocycles. The average molecular weight is 579 g/mol. The van der Waals surface area contributed by atoms with Gasteiger partial charge in [0.05, 0.1) is 17.7 Å². The van der Waals surface area contributed by atoms with Crippen molar-refractivity contribution in [3.63, 3.8) is 0 Å². The minimum absolute atomic E-state index is 0.0259. The van der Waals surface area contributed by atoms with Crippen LogP contribution in [0, 0.1) is 0 Å². The maximum atomic E-state index is 13.8. The van der Waals surface area contributed by atoms with Crippen molar-refractivity contribution in [2.45, 2.75) is 31.3 Å². The Morgan fingerprint density at radius 1 is 0.921 bits per heavy atom. The van der Waals surface area contributed by atoms with Gasteiger partial charge in [0.25, 0.3) is 10.0 Å². The zero-order valence-corrected chi connectivity index (χ0v) is 23.6. The number of amides is 2. The van der Waals surface area contributed by atoms with E-state index in [2.05, 4.69) is 5.32 Å². The van der Waals surface area contributed by atoms with Gasteiger partial charge in [-0.15, -0.1) is 0 Å². The number of methoxy groups -OCH3 is 1. The van der Waals surface area contributed by atoms with Crippen LogP contribution < -0.4 is 14.4 Å². The van der Waals surface area contributed by atoms with Crippen LogP contribution in [0.3, 0.4) is 0 Å². The molecule has 0 spiro atoms. The highest BCUT2D eigenvalue weighted by atomic mass is 35.5. The van der Waals surface area contributed by atoms with Crippen molar-refractivity contribution in [2.75, 3.05) is 24.5 Å². The van der Waals surface area contributed by atoms with E-state index in [0.717, 1.165) is 9.87 Å². The molecule has 0 aliphatic rings. The lowest BCUT2D eigenvalue weighted by molar-refractivity contribution is -0.139. The Hall–Kier alpha value is -3.27. The summed E-state index contributed by atoms with van der Waals surface area (Å²) in [6.45, 7) is 3.29. The van der Waals surface area contributed by atoms with Crippen molar-refractivity contribution in [2.24, 2.45) is 0 Å². The summed E-state index contributed by atoms with van der Waals surface area (Å²) in [5, 5.41) is 3.66. The Kier molecular flexibility index (Phi) is 10.0. The quantitative estimate of drug-likeness (QED) is 0.354. The van der Waals surface area contributed by atoms with Crippen LogP contribution >= 0.6 is 23.2 Å². The van der Waals surface area contributed by atoms with Crippen molar-refractivity contribution in [1.82, 2.24) is 10.2 Å². The van der Waals surface area contributed by atoms with Gasteiger partial charge in [0.1, 0.15) is 18.3 Å². The van der Waals surface area contributed by atoms with Gasteiger partial charge in [-0.25, -0.2) is 8.42 Å². The van der Waals surface area contributed by atoms with Gasteiger partial charge in [-0.2, -0.15) is 0 Å². The van der Waals surface area contributed by atoms with Crippen molar-refractivity contribution in [3.05, 3.63) is 88.4 Å². The summed E-state index contributed by atoms with van der Waals surface area (Å²) in [6.07, 6.45) is 0. The summed E-state index contributed by atoms with van der Waals surface area (Å²) in [6, 6.07) is 18.0. The normalized spacial score (nSPS) is 11.9. The molecule has 11 heteroatoms. The predicted molar refractivity (Wildman–Crippen MR) is 149 cm³/mol. The van der Waals surface area contributed by atoms with Gasteiger partial charge in [0.2, 0.25) is 11.8 Å². The molecular weight excluding hydrogens is 549 g/mol. The van der Waals surface area contributed by atoms with Gasteiger partial charge in [-0.05, 0) is 80.1 Å². The lowest BCUT2D eigenvalue weighted by atomic mass is 10.1. The zero-order chi connectivity index (χ0) is 27.9. The molecule has 8 nitrogen and oxygen atoms in total. The number of hydrogen-bond donors (Lipinski definition) is 1. The van der Waals surface area contributed by atoms with Crippen LogP contribution in [0.5, 0.6) is 5.75 Å². The number of rotatable bonds is 11. The number of carbonyl (C=O) groups is 2. The number of sulfonamides is 1. The number of benzene rings is 3. The van der Waals surface area contributed by atoms with Crippen LogP contribution in [-0.2, 0) is 26.2 Å². The Morgan fingerprint density at radius 3 is 2.00 bits per heavy atom. The molecule has 3 aromatic rings. The third-order valence-corrected chi connectivity index (χ3v) is 8.12. The standard InChI is InChI=1S/C27H29Cl2N3O5S/c1-4-30-27(34)19(2)31(17-20-5-7-21(28)8-6-20)26(33)18-32(23-11-9-22(29)10-12-23)38(35,36)25-15-13-24(37-3)14-16-25/h5-16,19H,4,17-18H2,1-3H3,(H,30,34)/t19-/m1/s1. The molecule has 0 saturated heterocycles. The number of likely N-dealkylation sites (N-methyl/N-ethyl adjacent to an activating group) is 1. The van der Waals surface area contributed by atoms with E-state index in [-0.39, 0.29) is 23.0 Å². The molecule has 3 rings (SSSR count). The van der Waals surface area contributed by atoms with Crippen LogP contribution in [0.1, 0.15) is 19.4 Å². The maximum absolute atomic E-state index is 13.8. The highest BCUT2D eigenvalue weighted by Gasteiger charge is 2.32. The smallest absolute Gasteiger partial charge is 0.264 e. The summed E-state index contributed by atoms with van der Waals surface area (Å²) >= 11 is 12.0. The fraction of sp³-hybridized carbons (Fsp3) is 0.259. The largest absolute Gasteiger partial charge is 0.497 e. The van der Waals surface area contributed by atoms with E-state index in [0.29, 0.717) is 22.3 Å². The fourth-order valence-corrected chi connectivity index (χ4v) is 5.37. The Morgan fingerprint density at radius 2 is 1.47 bits per heavy atom. The number of anilines is 1. The van der Waals surface area contributed by atoms with E-state index in [1.807, 2.05) is 0 Å². The monoisotopic (exact) mass is 577 g/mol. The highest BCUT2D eigenvalue weighted by molar-refractivity contribution is 7.92. The van der Waals surface area contributed by atoms with Crippen molar-refractivity contribution in [3.8, 4) is 5.75 Å². The molecule has 1 N–H and O–H groups in total. The molecular formula is C27H29Cl2N3O5S. The highest BCUT2D eigenvalue weighted by Crippen LogP contribution is 2.27. The van der Waals surface area contributed by atoms with Crippen molar-refractivity contribution < 1.29 is 22.7 Å². The maximum Gasteiger partial charge on any atom is 0.264 e. The van der Waals surface area contributed by atoms with Crippen LogP contribution in [0.2, 0.25) is 10.0 Å². The van der Waals surface area contributed by atoms with Crippen molar-refractivity contribution >= 4 is 50.7 Å². The zero-order valence-electron chi connectivity index (χ0n) is 21.2. The number of nitrogens with one attached hydrogen (secondary N) is 1. The van der Waals surface area contributed by atoms with Crippen LogP contribution in [0.4, 0.5) is 5.69 Å². The predicted octanol–water partition coefficient (Wildman–Crippen LogP) is 4.75. The molecule has 0 bridgehead atoms. The van der Waals surface area contributed by atoms with E-state index in [1.54, 1.807) is 50.2 Å². The lowest BCUT2D eigenvalue weighted by Crippen LogP contribution is -2.51. The van der Waals surface area contributed by atoms with Crippen LogP contribution in [0.25, 0.3) is 0 Å². The topological polar surface area (TPSA) is 96.0 Å². The second-order valence-corrected chi connectivity index (χ2v) is 11.1. The first-order valence-corrected chi connectivity index (χ1v) is 14.0. The first-order chi connectivity index (χ1) is 18.1. The molecule has 0 fully saturated rings. The van der Waals surface area contributed by atoms with E-state index < -0.39 is 28.5 Å². The molecule has 0 saturated carbocycles. The first kappa shape index (κ1) is 29.3. The molecule has 0 aliphatic heterocycles. The molecule has 202 valence electrons. The number of carbonyl (C=O) groups excluding carboxylic acids is 2. The van der Waals surface area contributed by atoms with Gasteiger partial charge in [-0.3, -0.25) is 13.9 Å². The summed E-state index contributed by atoms with van der Waals surface area (Å²) < 4.78 is 33.7. The first-order valence-electron chi connectivity index (χ1n) is 11.8. The summed E-state index contributed by atoms with van der Waals surface area (Å²) in [7, 11) is -2.71. The average Bonchev–Trinajstić information content (AvgIpc) is 2.91. The van der Waals surface area contributed by atoms with E-state index in [1.165, 1.54) is 48.4 Å². The summed E-state index contributed by atoms with van der Waals surface area (Å²) in [5.41, 5.74) is 0.977. The number of hydrogen-bond acceptors (Lipinski definition) is 5. The molecule has 0 aromatic heterocycles. The molecule has 0 aliphatic carbocycles. The Labute approximate surface area is 233 Å². The molecule has 0 unspecified atom stereocenters. The minimum atomic E-state index is -4.19. The SMILES string of the molecule is CCNC(=O)[C@@H](C)N(Cc1ccc(Cl)cc1)C(=O)CN(c1ccc(Cl)cc1)S(=O)(=O)c1ccc(OC)cc1. The lowest BCUT2D eigenvalue weighted by Gasteiger charge is -2.32. The minimum Gasteiger partial charge on any atom is -0.497 e. The number of ether oxygens (including phenoxy) is 1. The summed E-state index contributed by atoms with van der Waals surface area (Å²) in [5.74, 6) is -0.431. The van der Waals surface area contributed by atoms with Gasteiger partial charge in [0, 0.05) is 23.1 Å². The Bertz CT molecular complexity index is 1350. The summed E-state index contributed by atoms with van der Waals surface area (Å²) in [4.78, 5) is 27.8. The van der Waals surface area contributed by atoms with E-state index in [4.69, 9.17) is 27.9 Å². The molecule has 1 atom stereocenters. The second-order valence-electron chi connectivity index (χ2n) is 8.38. The van der Waals surface area contributed by atoms with Crippen molar-refractivity contribution in [1.29, 1.82) is 0 Å². The molecule has 0 heterocycles. The van der Waals surface area contributed by atoms with Crippen LogP contribution in [-0.4, -0.2) is 51.4 Å². The number of halogens is 2. The number of nitrogens with zero attached hydrogens (tertiary/aromatic N) is 2. The third-order valence-electron chi connectivity index (χ3n) is 5.83. The van der Waals surface area contributed by atoms with E-state index in [9.17, 15) is 18.0 Å². The van der Waals surface area contributed by atoms with Gasteiger partial charge in [-0.1, -0.05) is 35.3 Å². The fourth-order valence-electron chi connectivity index (χ4n) is 3.70. The van der Waals surface area contributed by atoms with Gasteiger partial charge >= 0.3 is 0 Å².